The van der Waals surface area contributed by atoms with Crippen LogP contribution in [0.2, 0.25) is 0 Å². The summed E-state index contributed by atoms with van der Waals surface area (Å²) < 4.78 is 2.38. The fourth-order valence-electron chi connectivity index (χ4n) is 5.49. The van der Waals surface area contributed by atoms with Crippen LogP contribution in [0.1, 0.15) is 12.5 Å². The van der Waals surface area contributed by atoms with E-state index in [4.69, 9.17) is 0 Å². The fourth-order valence-corrected chi connectivity index (χ4v) is 5.49. The summed E-state index contributed by atoms with van der Waals surface area (Å²) in [6.07, 6.45) is 12.6. The van der Waals surface area contributed by atoms with Crippen molar-refractivity contribution in [3.8, 4) is 5.69 Å². The van der Waals surface area contributed by atoms with E-state index in [1.165, 1.54) is 21.8 Å². The Labute approximate surface area is 230 Å². The summed E-state index contributed by atoms with van der Waals surface area (Å²) in [7, 11) is 0. The van der Waals surface area contributed by atoms with Gasteiger partial charge >= 0.3 is 0 Å². The quantitative estimate of drug-likeness (QED) is 0.232. The summed E-state index contributed by atoms with van der Waals surface area (Å²) in [5.74, 6) is 0. The van der Waals surface area contributed by atoms with Crippen molar-refractivity contribution in [3.63, 3.8) is 0 Å². The van der Waals surface area contributed by atoms with Crippen LogP contribution in [0.4, 0.5) is 5.69 Å². The van der Waals surface area contributed by atoms with E-state index < -0.39 is 0 Å². The molecule has 0 fully saturated rings. The van der Waals surface area contributed by atoms with Gasteiger partial charge in [0.1, 0.15) is 0 Å². The molecular formula is C37H30N2. The summed E-state index contributed by atoms with van der Waals surface area (Å²) in [5.41, 5.74) is 9.78. The van der Waals surface area contributed by atoms with E-state index in [0.29, 0.717) is 0 Å². The molecule has 2 nitrogen and oxygen atoms in total. The number of para-hydroxylation sites is 4. The molecule has 0 spiro atoms. The third kappa shape index (κ3) is 4.26. The molecule has 2 heterocycles. The second-order valence-electron chi connectivity index (χ2n) is 9.54. The van der Waals surface area contributed by atoms with E-state index in [9.17, 15) is 0 Å². The third-order valence-corrected chi connectivity index (χ3v) is 7.20. The van der Waals surface area contributed by atoms with Crippen LogP contribution in [0.25, 0.3) is 33.1 Å². The standard InChI is InChI=1S/C37H30N2/c1-4-15-31-27(3)26-28(24-25-38(35(31)5-2)29-16-8-6-9-17-29)32-21-14-22-34-33-20-12-13-23-36(33)39(37(32)34)30-18-10-7-11-19-30/h4-26H,2-3H2,1H3/b15-4-,25-24-,28-26+,35-31-. The van der Waals surface area contributed by atoms with Gasteiger partial charge in [-0.25, -0.2) is 0 Å². The van der Waals surface area contributed by atoms with Crippen LogP contribution in [-0.2, 0) is 0 Å². The summed E-state index contributed by atoms with van der Waals surface area (Å²) in [6.45, 7) is 10.7. The molecule has 0 aliphatic carbocycles. The zero-order valence-electron chi connectivity index (χ0n) is 22.1. The average molecular weight is 503 g/mol. The molecule has 4 aromatic carbocycles. The van der Waals surface area contributed by atoms with E-state index in [1.807, 2.05) is 19.1 Å². The van der Waals surface area contributed by atoms with Gasteiger partial charge in [0.15, 0.2) is 0 Å². The fraction of sp³-hybridized carbons (Fsp3) is 0.0270. The zero-order chi connectivity index (χ0) is 26.8. The Hall–Kier alpha value is -5.08. The minimum atomic E-state index is 0.933. The van der Waals surface area contributed by atoms with Crippen molar-refractivity contribution < 1.29 is 0 Å². The van der Waals surface area contributed by atoms with E-state index in [0.717, 1.165) is 39.4 Å². The highest BCUT2D eigenvalue weighted by Gasteiger charge is 2.19. The highest BCUT2D eigenvalue weighted by Crippen LogP contribution is 2.38. The average Bonchev–Trinajstić information content (AvgIpc) is 3.32. The van der Waals surface area contributed by atoms with E-state index in [-0.39, 0.29) is 0 Å². The monoisotopic (exact) mass is 502 g/mol. The lowest BCUT2D eigenvalue weighted by Crippen LogP contribution is -2.17. The minimum absolute atomic E-state index is 0.933. The second-order valence-corrected chi connectivity index (χ2v) is 9.54. The van der Waals surface area contributed by atoms with Crippen LogP contribution >= 0.6 is 0 Å². The maximum Gasteiger partial charge on any atom is 0.0619 e. The molecule has 0 N–H and O–H groups in total. The Balaban J connectivity index is 1.65. The molecule has 1 aliphatic rings. The Kier molecular flexibility index (Phi) is 6.44. The van der Waals surface area contributed by atoms with Crippen molar-refractivity contribution >= 4 is 33.1 Å². The molecule has 2 heteroatoms. The maximum atomic E-state index is 4.52. The van der Waals surface area contributed by atoms with Gasteiger partial charge in [-0.15, -0.1) is 0 Å². The smallest absolute Gasteiger partial charge is 0.0619 e. The highest BCUT2D eigenvalue weighted by atomic mass is 15.1. The number of allylic oxidation sites excluding steroid dienone is 8. The van der Waals surface area contributed by atoms with Crippen LogP contribution in [0, 0.1) is 0 Å². The van der Waals surface area contributed by atoms with Crippen LogP contribution in [0.5, 0.6) is 0 Å². The Morgan fingerprint density at radius 1 is 0.718 bits per heavy atom. The molecule has 188 valence electrons. The van der Waals surface area contributed by atoms with Gasteiger partial charge < -0.3 is 9.47 Å². The van der Waals surface area contributed by atoms with Crippen molar-refractivity contribution in [2.45, 2.75) is 6.92 Å². The number of aromatic nitrogens is 1. The molecule has 39 heavy (non-hydrogen) atoms. The number of hydrogen-bond donors (Lipinski definition) is 0. The predicted molar refractivity (Wildman–Crippen MR) is 168 cm³/mol. The topological polar surface area (TPSA) is 8.17 Å². The molecule has 1 aliphatic heterocycles. The lowest BCUT2D eigenvalue weighted by Gasteiger charge is -2.26. The summed E-state index contributed by atoms with van der Waals surface area (Å²) in [5, 5.41) is 2.46. The Morgan fingerprint density at radius 2 is 1.38 bits per heavy atom. The minimum Gasteiger partial charge on any atom is -0.317 e. The number of benzene rings is 4. The summed E-state index contributed by atoms with van der Waals surface area (Å²) >= 11 is 0. The number of hydrogen-bond acceptors (Lipinski definition) is 1. The van der Waals surface area contributed by atoms with Crippen LogP contribution < -0.4 is 4.90 Å². The van der Waals surface area contributed by atoms with Crippen molar-refractivity contribution in [1.82, 2.24) is 4.57 Å². The first-order valence-electron chi connectivity index (χ1n) is 13.2. The van der Waals surface area contributed by atoms with Gasteiger partial charge in [-0.2, -0.15) is 0 Å². The van der Waals surface area contributed by atoms with E-state index in [1.54, 1.807) is 0 Å². The summed E-state index contributed by atoms with van der Waals surface area (Å²) in [4.78, 5) is 2.19. The lowest BCUT2D eigenvalue weighted by atomic mass is 9.94. The maximum absolute atomic E-state index is 4.52. The molecule has 0 bridgehead atoms. The number of anilines is 1. The van der Waals surface area contributed by atoms with Crippen LogP contribution in [-0.4, -0.2) is 4.57 Å². The van der Waals surface area contributed by atoms with Gasteiger partial charge in [0.25, 0.3) is 0 Å². The second kappa shape index (κ2) is 10.4. The first-order valence-corrected chi connectivity index (χ1v) is 13.2. The van der Waals surface area contributed by atoms with E-state index >= 15 is 0 Å². The molecule has 0 saturated carbocycles. The molecular weight excluding hydrogens is 472 g/mol. The molecule has 1 aromatic heterocycles. The molecule has 0 radical (unpaired) electrons. The molecule has 0 amide bonds. The number of fused-ring (bicyclic) bond motifs is 3. The highest BCUT2D eigenvalue weighted by molar-refractivity contribution is 6.13. The van der Waals surface area contributed by atoms with E-state index in [2.05, 4.69) is 150 Å². The molecule has 6 rings (SSSR count). The Bertz CT molecular complexity index is 1830. The zero-order valence-corrected chi connectivity index (χ0v) is 22.1. The van der Waals surface area contributed by atoms with Crippen molar-refractivity contribution in [3.05, 3.63) is 175 Å². The lowest BCUT2D eigenvalue weighted by molar-refractivity contribution is 1.17. The normalized spacial score (nSPS) is 18.2. The third-order valence-electron chi connectivity index (χ3n) is 7.20. The van der Waals surface area contributed by atoms with Gasteiger partial charge in [-0.05, 0) is 66.6 Å². The molecule has 0 saturated heterocycles. The van der Waals surface area contributed by atoms with Crippen LogP contribution in [0.15, 0.2) is 170 Å². The number of rotatable bonds is 5. The largest absolute Gasteiger partial charge is 0.317 e. The SMILES string of the molecule is C=C/C1=C(\C=C/C)C(=C)/C=C(c2cccc3c4ccccc4n(-c4ccccc4)c23)\C=C/N1c1ccccc1. The van der Waals surface area contributed by atoms with Crippen molar-refractivity contribution in [2.75, 3.05) is 4.90 Å². The van der Waals surface area contributed by atoms with Gasteiger partial charge in [0.05, 0.1) is 16.7 Å². The van der Waals surface area contributed by atoms with Gasteiger partial charge in [0.2, 0.25) is 0 Å². The van der Waals surface area contributed by atoms with Crippen LogP contribution in [0.3, 0.4) is 0 Å². The first-order chi connectivity index (χ1) is 19.2. The predicted octanol–water partition coefficient (Wildman–Crippen LogP) is 9.77. The molecule has 0 atom stereocenters. The van der Waals surface area contributed by atoms with Crippen molar-refractivity contribution in [1.29, 1.82) is 0 Å². The molecule has 5 aromatic rings. The summed E-state index contributed by atoms with van der Waals surface area (Å²) in [6, 6.07) is 36.2. The van der Waals surface area contributed by atoms with Gasteiger partial charge in [-0.1, -0.05) is 98.1 Å². The molecule has 0 unspecified atom stereocenters. The Morgan fingerprint density at radius 3 is 2.10 bits per heavy atom. The van der Waals surface area contributed by atoms with Crippen molar-refractivity contribution in [2.24, 2.45) is 0 Å². The van der Waals surface area contributed by atoms with Gasteiger partial charge in [-0.3, -0.25) is 0 Å². The first kappa shape index (κ1) is 24.3. The van der Waals surface area contributed by atoms with Gasteiger partial charge in [0, 0.05) is 39.5 Å². The number of nitrogens with zero attached hydrogens (tertiary/aromatic N) is 2.